The van der Waals surface area contributed by atoms with Crippen LogP contribution in [0.15, 0.2) is 36.4 Å². The van der Waals surface area contributed by atoms with Gasteiger partial charge in [0.15, 0.2) is 0 Å². The van der Waals surface area contributed by atoms with Crippen LogP contribution >= 0.6 is 0 Å². The molecule has 4 rings (SSSR count). The molecule has 3 N–H and O–H groups in total. The van der Waals surface area contributed by atoms with Gasteiger partial charge in [0.1, 0.15) is 23.5 Å². The Kier molecular flexibility index (Phi) is 6.73. The summed E-state index contributed by atoms with van der Waals surface area (Å²) in [4.78, 5) is 15.4. The highest BCUT2D eigenvalue weighted by atomic mass is 32.2. The van der Waals surface area contributed by atoms with Gasteiger partial charge in [0.05, 0.1) is 17.5 Å². The lowest BCUT2D eigenvalue weighted by molar-refractivity contribution is -0.123. The fraction of sp³-hybridized carbons (Fsp3) is 0.375. The molecule has 6 nitrogen and oxygen atoms in total. The topological polar surface area (TPSA) is 91.1 Å². The fourth-order valence-corrected chi connectivity index (χ4v) is 5.39. The molecule has 3 aromatic rings. The van der Waals surface area contributed by atoms with Crippen LogP contribution in [0.4, 0.5) is 13.2 Å². The maximum Gasteiger partial charge on any atom is 0.238 e. The molecule has 1 aromatic heterocycles. The highest BCUT2D eigenvalue weighted by Crippen LogP contribution is 2.48. The number of halogens is 3. The molecule has 0 aliphatic heterocycles. The molecule has 1 fully saturated rings. The maximum atomic E-state index is 14.5. The fourth-order valence-electron chi connectivity index (χ4n) is 4.60. The minimum atomic E-state index is -3.51. The smallest absolute Gasteiger partial charge is 0.238 e. The molecule has 34 heavy (non-hydrogen) atoms. The van der Waals surface area contributed by atoms with E-state index in [1.807, 2.05) is 0 Å². The van der Waals surface area contributed by atoms with Crippen molar-refractivity contribution in [2.45, 2.75) is 38.1 Å². The maximum absolute atomic E-state index is 14.5. The Hall–Kier alpha value is -2.85. The number of aromatic nitrogens is 1. The first-order valence-electron chi connectivity index (χ1n) is 11.1. The first kappa shape index (κ1) is 24.3. The third-order valence-corrected chi connectivity index (χ3v) is 7.00. The summed E-state index contributed by atoms with van der Waals surface area (Å²) in [5, 5.41) is 3.25. The molecule has 1 aliphatic rings. The minimum absolute atomic E-state index is 0.00646. The van der Waals surface area contributed by atoms with Gasteiger partial charge in [0, 0.05) is 18.0 Å². The Morgan fingerprint density at radius 2 is 1.79 bits per heavy atom. The van der Waals surface area contributed by atoms with E-state index < -0.39 is 33.5 Å². The van der Waals surface area contributed by atoms with Gasteiger partial charge in [-0.05, 0) is 72.6 Å². The van der Waals surface area contributed by atoms with Crippen molar-refractivity contribution in [1.82, 2.24) is 15.0 Å². The summed E-state index contributed by atoms with van der Waals surface area (Å²) in [5.41, 5.74) is 2.26. The zero-order chi connectivity index (χ0) is 24.6. The van der Waals surface area contributed by atoms with E-state index in [1.54, 1.807) is 19.1 Å². The van der Waals surface area contributed by atoms with Crippen LogP contribution in [0, 0.1) is 23.4 Å². The molecule has 1 saturated carbocycles. The monoisotopic (exact) mass is 493 g/mol. The van der Waals surface area contributed by atoms with E-state index in [1.165, 1.54) is 18.2 Å². The van der Waals surface area contributed by atoms with Crippen LogP contribution in [0.1, 0.15) is 37.7 Å². The molecular weight excluding hydrogens is 467 g/mol. The highest BCUT2D eigenvalue weighted by molar-refractivity contribution is 7.88. The number of hydrogen-bond donors (Lipinski definition) is 3. The van der Waals surface area contributed by atoms with Gasteiger partial charge in [-0.2, -0.15) is 0 Å². The predicted molar refractivity (Wildman–Crippen MR) is 124 cm³/mol. The number of hydrogen-bond acceptors (Lipinski definition) is 3. The lowest BCUT2D eigenvalue weighted by Crippen LogP contribution is -2.47. The molecule has 2 aromatic carbocycles. The minimum Gasteiger partial charge on any atom is -0.354 e. The summed E-state index contributed by atoms with van der Waals surface area (Å²) in [6, 6.07) is 7.10. The van der Waals surface area contributed by atoms with Crippen molar-refractivity contribution >= 4 is 26.8 Å². The van der Waals surface area contributed by atoms with E-state index in [0.29, 0.717) is 42.5 Å². The molecule has 0 saturated heterocycles. The average Bonchev–Trinajstić information content (AvgIpc) is 3.10. The largest absolute Gasteiger partial charge is 0.354 e. The Labute approximate surface area is 196 Å². The SMILES string of the molecule is CCC(NS(C)(=O)=O)C(=O)NC[C@H]1C[C@@H](c2c(-c3ccc(F)cc3)[nH]c3c(F)cc(F)cc32)C1. The lowest BCUT2D eigenvalue weighted by atomic mass is 9.70. The third kappa shape index (κ3) is 5.12. The van der Waals surface area contributed by atoms with Crippen molar-refractivity contribution in [2.24, 2.45) is 5.92 Å². The summed E-state index contributed by atoms with van der Waals surface area (Å²) in [6.45, 7) is 2.09. The van der Waals surface area contributed by atoms with E-state index in [9.17, 15) is 26.4 Å². The van der Waals surface area contributed by atoms with Crippen molar-refractivity contribution in [3.8, 4) is 11.3 Å². The molecule has 0 spiro atoms. The molecule has 1 aliphatic carbocycles. The summed E-state index contributed by atoms with van der Waals surface area (Å²) in [5.74, 6) is -2.03. The second-order valence-electron chi connectivity index (χ2n) is 8.86. The first-order chi connectivity index (χ1) is 16.1. The summed E-state index contributed by atoms with van der Waals surface area (Å²) in [7, 11) is -3.51. The quantitative estimate of drug-likeness (QED) is 0.440. The number of benzene rings is 2. The Morgan fingerprint density at radius 1 is 1.12 bits per heavy atom. The lowest BCUT2D eigenvalue weighted by Gasteiger charge is -2.36. The van der Waals surface area contributed by atoms with Gasteiger partial charge in [-0.15, -0.1) is 0 Å². The number of rotatable bonds is 8. The van der Waals surface area contributed by atoms with Gasteiger partial charge in [-0.1, -0.05) is 6.92 Å². The molecule has 1 unspecified atom stereocenters. The van der Waals surface area contributed by atoms with Crippen LogP contribution < -0.4 is 10.0 Å². The zero-order valence-electron chi connectivity index (χ0n) is 18.8. The van der Waals surface area contributed by atoms with Gasteiger partial charge in [-0.25, -0.2) is 26.3 Å². The molecule has 182 valence electrons. The van der Waals surface area contributed by atoms with Crippen molar-refractivity contribution in [2.75, 3.05) is 12.8 Å². The van der Waals surface area contributed by atoms with Crippen LogP contribution in [-0.2, 0) is 14.8 Å². The number of fused-ring (bicyclic) bond motifs is 1. The number of aromatic amines is 1. The molecule has 1 heterocycles. The summed E-state index contributed by atoms with van der Waals surface area (Å²) < 4.78 is 67.2. The summed E-state index contributed by atoms with van der Waals surface area (Å²) >= 11 is 0. The normalized spacial score (nSPS) is 19.1. The number of sulfonamides is 1. The molecular formula is C24H26F3N3O3S. The molecule has 1 atom stereocenters. The average molecular weight is 494 g/mol. The van der Waals surface area contributed by atoms with Crippen LogP contribution in [0.3, 0.4) is 0 Å². The van der Waals surface area contributed by atoms with Crippen molar-refractivity contribution in [3.05, 3.63) is 59.4 Å². The van der Waals surface area contributed by atoms with Crippen molar-refractivity contribution < 1.29 is 26.4 Å². The second kappa shape index (κ2) is 9.42. The van der Waals surface area contributed by atoms with Crippen LogP contribution in [-0.4, -0.2) is 38.2 Å². The van der Waals surface area contributed by atoms with Gasteiger partial charge >= 0.3 is 0 Å². The standard InChI is InChI=1S/C24H26F3N3O3S/c1-3-20(30-34(2,32)33)24(31)28-12-13-8-15(9-13)21-18-10-17(26)11-19(27)23(18)29-22(21)14-4-6-16(25)7-5-14/h4-7,10-11,13,15,20,29-30H,3,8-9,12H2,1-2H3,(H,28,31)/t13-,15+,20?. The number of carbonyl (C=O) groups excluding carboxylic acids is 1. The van der Waals surface area contributed by atoms with Crippen LogP contribution in [0.2, 0.25) is 0 Å². The first-order valence-corrected chi connectivity index (χ1v) is 13.0. The number of nitrogens with one attached hydrogen (secondary N) is 3. The Bertz CT molecular complexity index is 1320. The van der Waals surface area contributed by atoms with E-state index in [-0.39, 0.29) is 23.3 Å². The molecule has 0 radical (unpaired) electrons. The number of H-pyrrole nitrogens is 1. The van der Waals surface area contributed by atoms with Crippen molar-refractivity contribution in [3.63, 3.8) is 0 Å². The predicted octanol–water partition coefficient (Wildman–Crippen LogP) is 4.19. The second-order valence-corrected chi connectivity index (χ2v) is 10.6. The zero-order valence-corrected chi connectivity index (χ0v) is 19.6. The van der Waals surface area contributed by atoms with Crippen molar-refractivity contribution in [1.29, 1.82) is 0 Å². The van der Waals surface area contributed by atoms with E-state index in [4.69, 9.17) is 0 Å². The van der Waals surface area contributed by atoms with E-state index >= 15 is 0 Å². The van der Waals surface area contributed by atoms with E-state index in [0.717, 1.165) is 17.9 Å². The number of amides is 1. The van der Waals surface area contributed by atoms with Gasteiger partial charge in [0.25, 0.3) is 0 Å². The van der Waals surface area contributed by atoms with Crippen LogP contribution in [0.25, 0.3) is 22.2 Å². The molecule has 1 amide bonds. The summed E-state index contributed by atoms with van der Waals surface area (Å²) in [6.07, 6.45) is 2.68. The number of carbonyl (C=O) groups is 1. The molecule has 10 heteroatoms. The van der Waals surface area contributed by atoms with Gasteiger partial charge in [-0.3, -0.25) is 4.79 Å². The Morgan fingerprint density at radius 3 is 2.41 bits per heavy atom. The van der Waals surface area contributed by atoms with Crippen LogP contribution in [0.5, 0.6) is 0 Å². The van der Waals surface area contributed by atoms with Gasteiger partial charge < -0.3 is 10.3 Å². The van der Waals surface area contributed by atoms with Gasteiger partial charge in [0.2, 0.25) is 15.9 Å². The highest BCUT2D eigenvalue weighted by Gasteiger charge is 2.35. The van der Waals surface area contributed by atoms with E-state index in [2.05, 4.69) is 15.0 Å². The third-order valence-electron chi connectivity index (χ3n) is 6.29. The molecule has 0 bridgehead atoms. The Balaban J connectivity index is 1.52.